The number of hydrogen-bond donors (Lipinski definition) is 2. The van der Waals surface area contributed by atoms with Crippen LogP contribution in [0.3, 0.4) is 0 Å². The Labute approximate surface area is 104 Å². The molecule has 2 fully saturated rings. The lowest BCUT2D eigenvalue weighted by molar-refractivity contribution is 0.148. The van der Waals surface area contributed by atoms with Crippen molar-refractivity contribution < 1.29 is 8.42 Å². The Hall–Kier alpha value is -0.130. The van der Waals surface area contributed by atoms with Crippen LogP contribution in [-0.2, 0) is 9.84 Å². The molecule has 2 rings (SSSR count). The number of hydrogen-bond acceptors (Lipinski definition) is 4. The maximum absolute atomic E-state index is 11.6. The van der Waals surface area contributed by atoms with Gasteiger partial charge in [0.1, 0.15) is 9.84 Å². The summed E-state index contributed by atoms with van der Waals surface area (Å²) in [5.74, 6) is 6.78. The molecule has 0 amide bonds. The second kappa shape index (κ2) is 5.24. The smallest absolute Gasteiger partial charge is 0.150 e. The molecule has 0 aliphatic heterocycles. The monoisotopic (exact) mass is 260 g/mol. The Kier molecular flexibility index (Phi) is 4.10. The van der Waals surface area contributed by atoms with E-state index in [-0.39, 0.29) is 5.25 Å². The van der Waals surface area contributed by atoms with Crippen LogP contribution in [0.5, 0.6) is 0 Å². The van der Waals surface area contributed by atoms with E-state index in [1.165, 1.54) is 25.5 Å². The van der Waals surface area contributed by atoms with Gasteiger partial charge in [-0.15, -0.1) is 0 Å². The van der Waals surface area contributed by atoms with Gasteiger partial charge in [0.2, 0.25) is 0 Å². The minimum absolute atomic E-state index is 0.142. The molecule has 0 aromatic heterocycles. The molecule has 2 aliphatic rings. The van der Waals surface area contributed by atoms with Gasteiger partial charge >= 0.3 is 0 Å². The maximum atomic E-state index is 11.6. The van der Waals surface area contributed by atoms with E-state index in [4.69, 9.17) is 5.84 Å². The predicted molar refractivity (Wildman–Crippen MR) is 69.0 cm³/mol. The molecule has 2 saturated carbocycles. The van der Waals surface area contributed by atoms with Crippen LogP contribution in [-0.4, -0.2) is 26.0 Å². The normalized spacial score (nSPS) is 33.1. The zero-order chi connectivity index (χ0) is 12.5. The molecule has 0 aromatic carbocycles. The third kappa shape index (κ3) is 3.01. The number of nitrogens with two attached hydrogens (primary N) is 1. The van der Waals surface area contributed by atoms with Crippen LogP contribution < -0.4 is 11.3 Å². The van der Waals surface area contributed by atoms with Crippen molar-refractivity contribution in [2.75, 3.05) is 6.26 Å². The van der Waals surface area contributed by atoms with Crippen LogP contribution in [0, 0.1) is 11.8 Å². The minimum atomic E-state index is -2.88. The summed E-state index contributed by atoms with van der Waals surface area (Å²) in [5.41, 5.74) is 2.95. The number of hydrazine groups is 1. The summed E-state index contributed by atoms with van der Waals surface area (Å²) in [6, 6.07) is 0.327. The van der Waals surface area contributed by atoms with E-state index in [0.717, 1.165) is 25.7 Å². The Morgan fingerprint density at radius 3 is 2.18 bits per heavy atom. The van der Waals surface area contributed by atoms with E-state index >= 15 is 0 Å². The molecule has 0 heterocycles. The Balaban J connectivity index is 2.00. The lowest BCUT2D eigenvalue weighted by atomic mass is 9.71. The average Bonchev–Trinajstić information content (AvgIpc) is 2.22. The molecule has 3 atom stereocenters. The Bertz CT molecular complexity index is 352. The summed E-state index contributed by atoms with van der Waals surface area (Å²) in [6.45, 7) is 0. The van der Waals surface area contributed by atoms with E-state index in [9.17, 15) is 8.42 Å². The molecule has 0 spiro atoms. The second-order valence-electron chi connectivity index (χ2n) is 5.76. The third-order valence-corrected chi connectivity index (χ3v) is 6.27. The fourth-order valence-corrected chi connectivity index (χ4v) is 4.54. The highest BCUT2D eigenvalue weighted by Crippen LogP contribution is 2.38. The third-order valence-electron chi connectivity index (χ3n) is 4.63. The fraction of sp³-hybridized carbons (Fsp3) is 1.00. The Morgan fingerprint density at radius 1 is 1.12 bits per heavy atom. The van der Waals surface area contributed by atoms with E-state index in [2.05, 4.69) is 5.43 Å². The van der Waals surface area contributed by atoms with Gasteiger partial charge in [-0.3, -0.25) is 11.3 Å². The van der Waals surface area contributed by atoms with Crippen molar-refractivity contribution in [3.63, 3.8) is 0 Å². The van der Waals surface area contributed by atoms with Crippen LogP contribution in [0.2, 0.25) is 0 Å². The van der Waals surface area contributed by atoms with Crippen LogP contribution in [0.15, 0.2) is 0 Å². The fourth-order valence-electron chi connectivity index (χ4n) is 3.35. The first kappa shape index (κ1) is 13.3. The summed E-state index contributed by atoms with van der Waals surface area (Å²) in [5, 5.41) is -0.142. The maximum Gasteiger partial charge on any atom is 0.150 e. The predicted octanol–water partition coefficient (Wildman–Crippen LogP) is 1.22. The van der Waals surface area contributed by atoms with E-state index in [1.54, 1.807) is 0 Å². The Morgan fingerprint density at radius 2 is 1.71 bits per heavy atom. The van der Waals surface area contributed by atoms with Crippen LogP contribution >= 0.6 is 0 Å². The summed E-state index contributed by atoms with van der Waals surface area (Å²) >= 11 is 0. The highest BCUT2D eigenvalue weighted by atomic mass is 32.2. The molecule has 0 bridgehead atoms. The summed E-state index contributed by atoms with van der Waals surface area (Å²) < 4.78 is 23.3. The quantitative estimate of drug-likeness (QED) is 0.589. The number of rotatable bonds is 4. The summed E-state index contributed by atoms with van der Waals surface area (Å²) in [6.07, 6.45) is 8.93. The van der Waals surface area contributed by atoms with Crippen LogP contribution in [0.1, 0.15) is 44.9 Å². The van der Waals surface area contributed by atoms with E-state index in [0.29, 0.717) is 17.9 Å². The largest absolute Gasteiger partial charge is 0.271 e. The second-order valence-corrected chi connectivity index (χ2v) is 8.09. The van der Waals surface area contributed by atoms with Crippen molar-refractivity contribution in [2.45, 2.75) is 56.2 Å². The zero-order valence-electron chi connectivity index (χ0n) is 10.6. The SMILES string of the molecule is CS(=O)(=O)C1CCCC(C(NN)C2CCC2)C1. The molecule has 3 N–H and O–H groups in total. The first-order chi connectivity index (χ1) is 8.02. The number of nitrogens with one attached hydrogen (secondary N) is 1. The standard InChI is InChI=1S/C12H24N2O2S/c1-17(15,16)11-7-3-6-10(8-11)12(14-13)9-4-2-5-9/h9-12,14H,2-8,13H2,1H3. The van der Waals surface area contributed by atoms with Crippen molar-refractivity contribution >= 4 is 9.84 Å². The number of sulfone groups is 1. The molecule has 5 heteroatoms. The van der Waals surface area contributed by atoms with Crippen LogP contribution in [0.4, 0.5) is 0 Å². The molecule has 17 heavy (non-hydrogen) atoms. The van der Waals surface area contributed by atoms with Gasteiger partial charge in [-0.2, -0.15) is 0 Å². The van der Waals surface area contributed by atoms with Gasteiger partial charge in [-0.05, 0) is 43.9 Å². The molecule has 0 radical (unpaired) electrons. The van der Waals surface area contributed by atoms with E-state index in [1.807, 2.05) is 0 Å². The molecule has 0 saturated heterocycles. The molecular formula is C12H24N2O2S. The van der Waals surface area contributed by atoms with Gasteiger partial charge in [0, 0.05) is 12.3 Å². The highest BCUT2D eigenvalue weighted by Gasteiger charge is 2.37. The first-order valence-corrected chi connectivity index (χ1v) is 8.63. The van der Waals surface area contributed by atoms with Crippen molar-refractivity contribution in [1.82, 2.24) is 5.43 Å². The molecular weight excluding hydrogens is 236 g/mol. The van der Waals surface area contributed by atoms with Crippen molar-refractivity contribution in [2.24, 2.45) is 17.7 Å². The van der Waals surface area contributed by atoms with Gasteiger partial charge in [0.15, 0.2) is 0 Å². The van der Waals surface area contributed by atoms with Gasteiger partial charge in [0.05, 0.1) is 5.25 Å². The molecule has 100 valence electrons. The first-order valence-electron chi connectivity index (χ1n) is 6.67. The lowest BCUT2D eigenvalue weighted by Crippen LogP contribution is -2.50. The van der Waals surface area contributed by atoms with Crippen molar-refractivity contribution in [3.05, 3.63) is 0 Å². The lowest BCUT2D eigenvalue weighted by Gasteiger charge is -2.41. The van der Waals surface area contributed by atoms with Gasteiger partial charge in [0.25, 0.3) is 0 Å². The molecule has 0 aromatic rings. The molecule has 4 nitrogen and oxygen atoms in total. The van der Waals surface area contributed by atoms with Crippen LogP contribution in [0.25, 0.3) is 0 Å². The minimum Gasteiger partial charge on any atom is -0.271 e. The van der Waals surface area contributed by atoms with Crippen molar-refractivity contribution in [3.8, 4) is 0 Å². The molecule has 2 aliphatic carbocycles. The van der Waals surface area contributed by atoms with Gasteiger partial charge < -0.3 is 0 Å². The zero-order valence-corrected chi connectivity index (χ0v) is 11.4. The highest BCUT2D eigenvalue weighted by molar-refractivity contribution is 7.91. The van der Waals surface area contributed by atoms with E-state index < -0.39 is 9.84 Å². The average molecular weight is 260 g/mol. The summed E-state index contributed by atoms with van der Waals surface area (Å²) in [4.78, 5) is 0. The summed E-state index contributed by atoms with van der Waals surface area (Å²) in [7, 11) is -2.88. The topological polar surface area (TPSA) is 72.2 Å². The van der Waals surface area contributed by atoms with Crippen molar-refractivity contribution in [1.29, 1.82) is 0 Å². The van der Waals surface area contributed by atoms with Gasteiger partial charge in [-0.1, -0.05) is 12.8 Å². The van der Waals surface area contributed by atoms with Gasteiger partial charge in [-0.25, -0.2) is 8.42 Å². The molecule has 3 unspecified atom stereocenters.